The fourth-order valence-electron chi connectivity index (χ4n) is 3.36. The molecule has 0 aliphatic carbocycles. The summed E-state index contributed by atoms with van der Waals surface area (Å²) in [6.45, 7) is 4.00. The molecule has 0 fully saturated rings. The van der Waals surface area contributed by atoms with Crippen LogP contribution in [0, 0.1) is 4.77 Å². The maximum absolute atomic E-state index is 5.99. The largest absolute Gasteiger partial charge is 0.303 e. The van der Waals surface area contributed by atoms with Crippen molar-refractivity contribution in [1.29, 1.82) is 0 Å². The van der Waals surface area contributed by atoms with Crippen LogP contribution in [-0.2, 0) is 20.1 Å². The van der Waals surface area contributed by atoms with Crippen molar-refractivity contribution >= 4 is 35.2 Å². The molecule has 1 aliphatic heterocycles. The van der Waals surface area contributed by atoms with E-state index in [0.717, 1.165) is 34.1 Å². The van der Waals surface area contributed by atoms with E-state index in [1.165, 1.54) is 10.4 Å². The molecule has 4 nitrogen and oxygen atoms in total. The molecule has 0 N–H and O–H groups in total. The van der Waals surface area contributed by atoms with Crippen LogP contribution >= 0.6 is 35.2 Å². The zero-order valence-corrected chi connectivity index (χ0v) is 16.5. The molecular formula is C18H19ClN4S2. The number of aromatic nitrogens is 3. The van der Waals surface area contributed by atoms with Gasteiger partial charge in [-0.3, -0.25) is 4.90 Å². The first kappa shape index (κ1) is 17.0. The lowest BCUT2D eigenvalue weighted by molar-refractivity contribution is 0.144. The Morgan fingerprint density at radius 1 is 1.28 bits per heavy atom. The Bertz CT molecular complexity index is 954. The Hall–Kier alpha value is -1.47. The molecule has 3 heterocycles. The Morgan fingerprint density at radius 3 is 2.80 bits per heavy atom. The Labute approximate surface area is 161 Å². The second kappa shape index (κ2) is 6.68. The van der Waals surface area contributed by atoms with E-state index < -0.39 is 0 Å². The number of hydrogen-bond acceptors (Lipinski definition) is 4. The van der Waals surface area contributed by atoms with Crippen LogP contribution in [0.4, 0.5) is 0 Å². The van der Waals surface area contributed by atoms with E-state index in [2.05, 4.69) is 23.3 Å². The third kappa shape index (κ3) is 3.08. The highest BCUT2D eigenvalue weighted by Crippen LogP contribution is 2.33. The van der Waals surface area contributed by atoms with Gasteiger partial charge in [-0.25, -0.2) is 4.68 Å². The highest BCUT2D eigenvalue weighted by Gasteiger charge is 2.25. The molecule has 0 amide bonds. The van der Waals surface area contributed by atoms with Gasteiger partial charge in [0.15, 0.2) is 10.6 Å². The number of benzene rings is 1. The highest BCUT2D eigenvalue weighted by atomic mass is 35.5. The molecule has 0 radical (unpaired) electrons. The quantitative estimate of drug-likeness (QED) is 0.594. The van der Waals surface area contributed by atoms with Gasteiger partial charge < -0.3 is 4.57 Å². The van der Waals surface area contributed by atoms with Crippen LogP contribution in [0.1, 0.15) is 23.4 Å². The van der Waals surface area contributed by atoms with Crippen molar-refractivity contribution in [2.45, 2.75) is 26.1 Å². The summed E-state index contributed by atoms with van der Waals surface area (Å²) in [5, 5.41) is 7.69. The van der Waals surface area contributed by atoms with E-state index in [0.29, 0.717) is 12.7 Å². The molecule has 1 aliphatic rings. The van der Waals surface area contributed by atoms with Crippen molar-refractivity contribution in [2.24, 2.45) is 7.05 Å². The summed E-state index contributed by atoms with van der Waals surface area (Å²) in [6.07, 6.45) is 1.10. The van der Waals surface area contributed by atoms with Crippen LogP contribution in [0.2, 0.25) is 5.02 Å². The molecule has 4 rings (SSSR count). The van der Waals surface area contributed by atoms with E-state index in [-0.39, 0.29) is 0 Å². The van der Waals surface area contributed by atoms with Crippen LogP contribution < -0.4 is 0 Å². The zero-order chi connectivity index (χ0) is 17.6. The Balaban J connectivity index is 1.63. The van der Waals surface area contributed by atoms with Crippen molar-refractivity contribution in [3.8, 4) is 11.4 Å². The second-order valence-electron chi connectivity index (χ2n) is 6.35. The number of nitrogens with zero attached hydrogens (tertiary/aromatic N) is 4. The van der Waals surface area contributed by atoms with Gasteiger partial charge in [0.05, 0.1) is 6.67 Å². The van der Waals surface area contributed by atoms with Gasteiger partial charge in [0, 0.05) is 35.1 Å². The summed E-state index contributed by atoms with van der Waals surface area (Å²) in [7, 11) is 1.96. The summed E-state index contributed by atoms with van der Waals surface area (Å²) in [5.41, 5.74) is 2.46. The third-order valence-electron chi connectivity index (χ3n) is 4.86. The van der Waals surface area contributed by atoms with Crippen molar-refractivity contribution in [3.05, 3.63) is 55.9 Å². The molecule has 3 aromatic rings. The minimum absolute atomic E-state index is 0.387. The normalized spacial score (nSPS) is 17.6. The summed E-state index contributed by atoms with van der Waals surface area (Å²) in [5.74, 6) is 0.863. The molecule has 130 valence electrons. The van der Waals surface area contributed by atoms with Crippen molar-refractivity contribution in [2.75, 3.05) is 6.54 Å². The SMILES string of the molecule is CC1c2ccsc2CCN1Cn1nc(-c2ccc(Cl)cc2)n(C)c1=S. The average molecular weight is 391 g/mol. The predicted octanol–water partition coefficient (Wildman–Crippen LogP) is 4.91. The molecule has 0 saturated carbocycles. The molecule has 7 heteroatoms. The zero-order valence-electron chi connectivity index (χ0n) is 14.1. The number of fused-ring (bicyclic) bond motifs is 1. The number of halogens is 1. The molecule has 1 aromatic carbocycles. The average Bonchev–Trinajstić information content (AvgIpc) is 3.19. The predicted molar refractivity (Wildman–Crippen MR) is 106 cm³/mol. The smallest absolute Gasteiger partial charge is 0.199 e. The fraction of sp³-hybridized carbons (Fsp3) is 0.333. The van der Waals surface area contributed by atoms with Crippen molar-refractivity contribution in [1.82, 2.24) is 19.2 Å². The van der Waals surface area contributed by atoms with Gasteiger partial charge in [-0.1, -0.05) is 11.6 Å². The lowest BCUT2D eigenvalue weighted by Gasteiger charge is -2.33. The molecule has 1 atom stereocenters. The first-order valence-electron chi connectivity index (χ1n) is 8.24. The topological polar surface area (TPSA) is 26.0 Å². The maximum atomic E-state index is 5.99. The van der Waals surface area contributed by atoms with Gasteiger partial charge >= 0.3 is 0 Å². The number of rotatable bonds is 3. The van der Waals surface area contributed by atoms with Gasteiger partial charge in [-0.05, 0) is 66.8 Å². The Kier molecular flexibility index (Phi) is 4.54. The molecule has 0 spiro atoms. The standard InChI is InChI=1S/C18H19ClN4S2/c1-12-15-8-10-25-16(15)7-9-22(12)11-23-18(24)21(2)17(20-23)13-3-5-14(19)6-4-13/h3-6,8,10,12H,7,9,11H2,1-2H3. The minimum atomic E-state index is 0.387. The molecular weight excluding hydrogens is 372 g/mol. The summed E-state index contributed by atoms with van der Waals surface area (Å²) >= 11 is 13.5. The van der Waals surface area contributed by atoms with Gasteiger partial charge in [0.25, 0.3) is 0 Å². The van der Waals surface area contributed by atoms with Gasteiger partial charge in [-0.2, -0.15) is 5.10 Å². The van der Waals surface area contributed by atoms with E-state index >= 15 is 0 Å². The summed E-state index contributed by atoms with van der Waals surface area (Å²) in [6, 6.07) is 10.3. The van der Waals surface area contributed by atoms with Gasteiger partial charge in [-0.15, -0.1) is 11.3 Å². The number of thiophene rings is 1. The van der Waals surface area contributed by atoms with Crippen LogP contribution in [-0.4, -0.2) is 25.8 Å². The summed E-state index contributed by atoms with van der Waals surface area (Å²) in [4.78, 5) is 3.94. The second-order valence-corrected chi connectivity index (χ2v) is 8.15. The number of hydrogen-bond donors (Lipinski definition) is 0. The van der Waals surface area contributed by atoms with Crippen LogP contribution in [0.15, 0.2) is 35.7 Å². The molecule has 1 unspecified atom stereocenters. The van der Waals surface area contributed by atoms with E-state index in [1.807, 2.05) is 51.9 Å². The van der Waals surface area contributed by atoms with E-state index in [1.54, 1.807) is 0 Å². The van der Waals surface area contributed by atoms with Crippen LogP contribution in [0.25, 0.3) is 11.4 Å². The van der Waals surface area contributed by atoms with Crippen LogP contribution in [0.5, 0.6) is 0 Å². The lowest BCUT2D eigenvalue weighted by atomic mass is 10.0. The summed E-state index contributed by atoms with van der Waals surface area (Å²) < 4.78 is 4.62. The fourth-order valence-corrected chi connectivity index (χ4v) is 4.63. The molecule has 0 bridgehead atoms. The van der Waals surface area contributed by atoms with E-state index in [9.17, 15) is 0 Å². The van der Waals surface area contributed by atoms with Crippen molar-refractivity contribution in [3.63, 3.8) is 0 Å². The van der Waals surface area contributed by atoms with Gasteiger partial charge in [0.1, 0.15) is 0 Å². The Morgan fingerprint density at radius 2 is 2.04 bits per heavy atom. The molecule has 25 heavy (non-hydrogen) atoms. The molecule has 0 saturated heterocycles. The van der Waals surface area contributed by atoms with Gasteiger partial charge in [0.2, 0.25) is 0 Å². The maximum Gasteiger partial charge on any atom is 0.199 e. The minimum Gasteiger partial charge on any atom is -0.303 e. The monoisotopic (exact) mass is 390 g/mol. The molecule has 2 aromatic heterocycles. The lowest BCUT2D eigenvalue weighted by Crippen LogP contribution is -2.35. The third-order valence-corrected chi connectivity index (χ3v) is 6.60. The van der Waals surface area contributed by atoms with Crippen molar-refractivity contribution < 1.29 is 0 Å². The first-order chi connectivity index (χ1) is 12.0. The first-order valence-corrected chi connectivity index (χ1v) is 9.91. The highest BCUT2D eigenvalue weighted by molar-refractivity contribution is 7.71. The van der Waals surface area contributed by atoms with E-state index in [4.69, 9.17) is 28.9 Å². The van der Waals surface area contributed by atoms with Crippen LogP contribution in [0.3, 0.4) is 0 Å².